The third-order valence-corrected chi connectivity index (χ3v) is 3.03. The van der Waals surface area contributed by atoms with E-state index in [0.29, 0.717) is 0 Å². The van der Waals surface area contributed by atoms with E-state index < -0.39 is 0 Å². The highest BCUT2D eigenvalue weighted by molar-refractivity contribution is 7.19. The van der Waals surface area contributed by atoms with Crippen LogP contribution in [0.5, 0.6) is 0 Å². The molecule has 1 aliphatic heterocycles. The monoisotopic (exact) mass is 211 g/mol. The summed E-state index contributed by atoms with van der Waals surface area (Å²) in [7, 11) is 0. The van der Waals surface area contributed by atoms with Gasteiger partial charge in [0.15, 0.2) is 5.13 Å². The number of thiazole rings is 1. The molecule has 4 heteroatoms. The van der Waals surface area contributed by atoms with Gasteiger partial charge in [0.1, 0.15) is 5.00 Å². The summed E-state index contributed by atoms with van der Waals surface area (Å²) in [5.41, 5.74) is 1.33. The van der Waals surface area contributed by atoms with Crippen LogP contribution in [0.25, 0.3) is 0 Å². The second-order valence-corrected chi connectivity index (χ2v) is 5.70. The Kier molecular flexibility index (Phi) is 2.39. The number of nitrogens with one attached hydrogen (secondary N) is 2. The van der Waals surface area contributed by atoms with E-state index in [4.69, 9.17) is 0 Å². The molecule has 0 amide bonds. The van der Waals surface area contributed by atoms with E-state index in [1.54, 1.807) is 11.3 Å². The molecule has 0 aliphatic carbocycles. The van der Waals surface area contributed by atoms with Crippen molar-refractivity contribution in [3.8, 4) is 0 Å². The van der Waals surface area contributed by atoms with Crippen LogP contribution < -0.4 is 10.6 Å². The van der Waals surface area contributed by atoms with Crippen LogP contribution in [0.2, 0.25) is 0 Å². The molecule has 1 aromatic heterocycles. The van der Waals surface area contributed by atoms with Crippen LogP contribution in [0.1, 0.15) is 32.9 Å². The first-order valence-electron chi connectivity index (χ1n) is 5.06. The van der Waals surface area contributed by atoms with Gasteiger partial charge in [-0.2, -0.15) is 0 Å². The lowest BCUT2D eigenvalue weighted by molar-refractivity contribution is 0.632. The average Bonchev–Trinajstić information content (AvgIpc) is 2.42. The van der Waals surface area contributed by atoms with Crippen molar-refractivity contribution in [2.75, 3.05) is 17.2 Å². The molecular formula is C10H17N3S. The average molecular weight is 211 g/mol. The normalized spacial score (nSPS) is 15.9. The second kappa shape index (κ2) is 3.42. The minimum Gasteiger partial charge on any atom is -0.375 e. The highest BCUT2D eigenvalue weighted by atomic mass is 32.1. The van der Waals surface area contributed by atoms with E-state index in [2.05, 4.69) is 36.4 Å². The molecule has 1 aromatic rings. The Morgan fingerprint density at radius 3 is 2.86 bits per heavy atom. The predicted octanol–water partition coefficient (Wildman–Crippen LogP) is 2.71. The topological polar surface area (TPSA) is 37.0 Å². The number of hydrogen-bond donors (Lipinski definition) is 2. The number of hydrogen-bond acceptors (Lipinski definition) is 4. The lowest BCUT2D eigenvalue weighted by Crippen LogP contribution is -2.25. The fraction of sp³-hybridized carbons (Fsp3) is 0.700. The Bertz CT molecular complexity index is 301. The van der Waals surface area contributed by atoms with Crippen molar-refractivity contribution in [1.82, 2.24) is 4.98 Å². The zero-order valence-electron chi connectivity index (χ0n) is 8.98. The van der Waals surface area contributed by atoms with Crippen LogP contribution in [-0.2, 0) is 6.42 Å². The Hall–Kier alpha value is -0.770. The van der Waals surface area contributed by atoms with Gasteiger partial charge in [-0.25, -0.2) is 4.98 Å². The lowest BCUT2D eigenvalue weighted by atomic mass is 10.1. The van der Waals surface area contributed by atoms with Crippen molar-refractivity contribution in [3.05, 3.63) is 5.69 Å². The van der Waals surface area contributed by atoms with Crippen molar-refractivity contribution < 1.29 is 0 Å². The van der Waals surface area contributed by atoms with E-state index >= 15 is 0 Å². The Morgan fingerprint density at radius 2 is 2.21 bits per heavy atom. The number of anilines is 2. The van der Waals surface area contributed by atoms with E-state index in [-0.39, 0.29) is 5.54 Å². The summed E-state index contributed by atoms with van der Waals surface area (Å²) < 4.78 is 0. The van der Waals surface area contributed by atoms with Gasteiger partial charge in [-0.05, 0) is 33.6 Å². The summed E-state index contributed by atoms with van der Waals surface area (Å²) in [4.78, 5) is 4.58. The van der Waals surface area contributed by atoms with Crippen LogP contribution in [0.4, 0.5) is 10.1 Å². The molecule has 0 aromatic carbocycles. The van der Waals surface area contributed by atoms with E-state index in [1.165, 1.54) is 17.1 Å². The molecule has 0 saturated heterocycles. The molecule has 0 atom stereocenters. The maximum absolute atomic E-state index is 4.58. The first kappa shape index (κ1) is 9.77. The zero-order valence-corrected chi connectivity index (χ0v) is 9.79. The molecule has 0 saturated carbocycles. The van der Waals surface area contributed by atoms with Crippen LogP contribution in [0.3, 0.4) is 0 Å². The SMILES string of the molecule is CC(C)(C)Nc1nc2c(s1)NCCC2. The molecule has 0 unspecified atom stereocenters. The van der Waals surface area contributed by atoms with Gasteiger partial charge in [0.05, 0.1) is 5.69 Å². The van der Waals surface area contributed by atoms with Crippen LogP contribution >= 0.6 is 11.3 Å². The van der Waals surface area contributed by atoms with Gasteiger partial charge in [0.25, 0.3) is 0 Å². The van der Waals surface area contributed by atoms with Gasteiger partial charge in [-0.3, -0.25) is 0 Å². The summed E-state index contributed by atoms with van der Waals surface area (Å²) in [6.45, 7) is 7.55. The van der Waals surface area contributed by atoms with E-state index in [9.17, 15) is 0 Å². The Morgan fingerprint density at radius 1 is 1.43 bits per heavy atom. The maximum Gasteiger partial charge on any atom is 0.185 e. The summed E-state index contributed by atoms with van der Waals surface area (Å²) >= 11 is 1.73. The molecule has 0 spiro atoms. The Labute approximate surface area is 88.9 Å². The first-order valence-corrected chi connectivity index (χ1v) is 5.88. The molecule has 0 bridgehead atoms. The highest BCUT2D eigenvalue weighted by Gasteiger charge is 2.17. The van der Waals surface area contributed by atoms with Crippen LogP contribution in [0, 0.1) is 0 Å². The third kappa shape index (κ3) is 2.18. The molecule has 2 N–H and O–H groups in total. The van der Waals surface area contributed by atoms with Gasteiger partial charge < -0.3 is 10.6 Å². The standard InChI is InChI=1S/C10H17N3S/c1-10(2,3)13-9-12-7-5-4-6-11-8(7)14-9/h11H,4-6H2,1-3H3,(H,12,13). The molecule has 0 fully saturated rings. The van der Waals surface area contributed by atoms with Gasteiger partial charge in [0.2, 0.25) is 0 Å². The minimum atomic E-state index is 0.0977. The minimum absolute atomic E-state index is 0.0977. The Balaban J connectivity index is 2.16. The van der Waals surface area contributed by atoms with Gasteiger partial charge in [-0.15, -0.1) is 0 Å². The lowest BCUT2D eigenvalue weighted by Gasteiger charge is -2.19. The number of aryl methyl sites for hydroxylation is 1. The van der Waals surface area contributed by atoms with Crippen LogP contribution in [0.15, 0.2) is 0 Å². The van der Waals surface area contributed by atoms with Gasteiger partial charge in [-0.1, -0.05) is 11.3 Å². The number of rotatable bonds is 1. The molecule has 2 heterocycles. The number of aromatic nitrogens is 1. The predicted molar refractivity (Wildman–Crippen MR) is 62.3 cm³/mol. The van der Waals surface area contributed by atoms with Crippen molar-refractivity contribution in [2.24, 2.45) is 0 Å². The van der Waals surface area contributed by atoms with Crippen molar-refractivity contribution in [1.29, 1.82) is 0 Å². The zero-order chi connectivity index (χ0) is 10.2. The molecule has 78 valence electrons. The van der Waals surface area contributed by atoms with Gasteiger partial charge in [0, 0.05) is 12.1 Å². The summed E-state index contributed by atoms with van der Waals surface area (Å²) in [5.74, 6) is 0. The molecule has 3 nitrogen and oxygen atoms in total. The first-order chi connectivity index (χ1) is 6.54. The third-order valence-electron chi connectivity index (χ3n) is 2.06. The van der Waals surface area contributed by atoms with Crippen LogP contribution in [-0.4, -0.2) is 17.1 Å². The fourth-order valence-corrected chi connectivity index (χ4v) is 2.64. The fourth-order valence-electron chi connectivity index (χ4n) is 1.49. The highest BCUT2D eigenvalue weighted by Crippen LogP contribution is 2.32. The quantitative estimate of drug-likeness (QED) is 0.750. The summed E-state index contributed by atoms with van der Waals surface area (Å²) in [6, 6.07) is 0. The molecule has 14 heavy (non-hydrogen) atoms. The van der Waals surface area contributed by atoms with Crippen molar-refractivity contribution in [2.45, 2.75) is 39.2 Å². The molecular weight excluding hydrogens is 194 g/mol. The summed E-state index contributed by atoms with van der Waals surface area (Å²) in [6.07, 6.45) is 2.32. The van der Waals surface area contributed by atoms with Crippen molar-refractivity contribution in [3.63, 3.8) is 0 Å². The maximum atomic E-state index is 4.58. The molecule has 0 radical (unpaired) electrons. The largest absolute Gasteiger partial charge is 0.375 e. The number of nitrogens with zero attached hydrogens (tertiary/aromatic N) is 1. The second-order valence-electron chi connectivity index (χ2n) is 4.70. The molecule has 2 rings (SSSR count). The van der Waals surface area contributed by atoms with E-state index in [0.717, 1.165) is 18.1 Å². The van der Waals surface area contributed by atoms with E-state index in [1.807, 2.05) is 0 Å². The van der Waals surface area contributed by atoms with Crippen molar-refractivity contribution >= 4 is 21.5 Å². The molecule has 1 aliphatic rings. The summed E-state index contributed by atoms with van der Waals surface area (Å²) in [5, 5.41) is 9.08. The number of fused-ring (bicyclic) bond motifs is 1. The van der Waals surface area contributed by atoms with Gasteiger partial charge >= 0.3 is 0 Å². The smallest absolute Gasteiger partial charge is 0.185 e.